The zero-order valence-corrected chi connectivity index (χ0v) is 60.5. The van der Waals surface area contributed by atoms with Gasteiger partial charge in [-0.3, -0.25) is 0 Å². The molecule has 0 atom stereocenters. The van der Waals surface area contributed by atoms with Gasteiger partial charge in [0.1, 0.15) is 0 Å². The van der Waals surface area contributed by atoms with Gasteiger partial charge in [-0.1, -0.05) is 311 Å². The zero-order chi connectivity index (χ0) is 72.3. The summed E-state index contributed by atoms with van der Waals surface area (Å²) < 4.78 is 2.39. The number of anilines is 3. The van der Waals surface area contributed by atoms with Gasteiger partial charge in [-0.05, 0) is 268 Å². The minimum atomic E-state index is -0.199. The first-order valence-electron chi connectivity index (χ1n) is 37.9. The first kappa shape index (κ1) is 63.5. The molecular weight excluding hydrogens is 1310 g/mol. The fourth-order valence-corrected chi connectivity index (χ4v) is 18.1. The molecule has 0 spiro atoms. The van der Waals surface area contributed by atoms with E-state index in [1.54, 1.807) is 0 Å². The Hall–Kier alpha value is -13.9. The van der Waals surface area contributed by atoms with Crippen molar-refractivity contribution in [2.75, 3.05) is 4.90 Å². The lowest BCUT2D eigenvalue weighted by Crippen LogP contribution is -2.16. The number of aromatic nitrogens is 1. The molecule has 0 bridgehead atoms. The van der Waals surface area contributed by atoms with Crippen molar-refractivity contribution in [3.63, 3.8) is 0 Å². The van der Waals surface area contributed by atoms with Crippen LogP contribution < -0.4 is 4.90 Å². The molecule has 0 aliphatic heterocycles. The maximum Gasteiger partial charge on any atom is 0.0541 e. The van der Waals surface area contributed by atoms with Crippen molar-refractivity contribution >= 4 is 92.7 Å². The number of para-hydroxylation sites is 2. The molecule has 0 saturated carbocycles. The van der Waals surface area contributed by atoms with Crippen LogP contribution in [0.25, 0.3) is 181 Å². The highest BCUT2D eigenvalue weighted by atomic mass is 15.1. The summed E-state index contributed by atoms with van der Waals surface area (Å²) in [6.45, 7) is 4.75. The predicted octanol–water partition coefficient (Wildman–Crippen LogP) is 29.7. The summed E-state index contributed by atoms with van der Waals surface area (Å²) in [5.74, 6) is 0. The first-order valence-corrected chi connectivity index (χ1v) is 37.9. The van der Waals surface area contributed by atoms with E-state index >= 15 is 0 Å². The minimum absolute atomic E-state index is 0.199. The number of rotatable bonds is 12. The molecule has 1 aliphatic rings. The topological polar surface area (TPSA) is 8.17 Å². The largest absolute Gasteiger partial charge is 0.310 e. The lowest BCUT2D eigenvalue weighted by Gasteiger charge is -2.28. The Morgan fingerprint density at radius 1 is 0.202 bits per heavy atom. The van der Waals surface area contributed by atoms with Gasteiger partial charge < -0.3 is 9.47 Å². The molecule has 0 saturated heterocycles. The highest BCUT2D eigenvalue weighted by Crippen LogP contribution is 2.52. The minimum Gasteiger partial charge on any atom is -0.310 e. The van der Waals surface area contributed by atoms with Gasteiger partial charge in [-0.25, -0.2) is 0 Å². The van der Waals surface area contributed by atoms with Crippen molar-refractivity contribution < 1.29 is 0 Å². The molecule has 19 aromatic carbocycles. The molecule has 0 radical (unpaired) electrons. The third kappa shape index (κ3) is 10.7. The van der Waals surface area contributed by atoms with Gasteiger partial charge >= 0.3 is 0 Å². The highest BCUT2D eigenvalue weighted by Gasteiger charge is 2.36. The molecule has 20 aromatic rings. The van der Waals surface area contributed by atoms with Crippen molar-refractivity contribution in [2.45, 2.75) is 19.3 Å². The van der Waals surface area contributed by atoms with Crippen LogP contribution in [-0.4, -0.2) is 4.57 Å². The van der Waals surface area contributed by atoms with Gasteiger partial charge in [0.15, 0.2) is 0 Å². The van der Waals surface area contributed by atoms with E-state index in [0.717, 1.165) is 61.7 Å². The molecule has 0 amide bonds. The van der Waals surface area contributed by atoms with Crippen molar-refractivity contribution in [3.05, 3.63) is 412 Å². The Balaban J connectivity index is 0.761. The number of hydrogen-bond donors (Lipinski definition) is 0. The van der Waals surface area contributed by atoms with Crippen LogP contribution in [0.3, 0.4) is 0 Å². The van der Waals surface area contributed by atoms with Crippen LogP contribution in [0, 0.1) is 0 Å². The predicted molar refractivity (Wildman–Crippen MR) is 464 cm³/mol. The lowest BCUT2D eigenvalue weighted by molar-refractivity contribution is 0.660. The van der Waals surface area contributed by atoms with Crippen LogP contribution in [0.1, 0.15) is 25.0 Å². The molecule has 1 heterocycles. The van der Waals surface area contributed by atoms with Crippen molar-refractivity contribution in [1.29, 1.82) is 0 Å². The van der Waals surface area contributed by atoms with E-state index < -0.39 is 0 Å². The van der Waals surface area contributed by atoms with Gasteiger partial charge in [-0.15, -0.1) is 0 Å². The van der Waals surface area contributed by atoms with Crippen LogP contribution in [0.15, 0.2) is 400 Å². The summed E-state index contributed by atoms with van der Waals surface area (Å²) in [6, 6.07) is 150. The summed E-state index contributed by atoms with van der Waals surface area (Å²) in [5, 5.41) is 14.6. The van der Waals surface area contributed by atoms with E-state index in [2.05, 4.69) is 424 Å². The van der Waals surface area contributed by atoms with Crippen molar-refractivity contribution in [2.24, 2.45) is 0 Å². The second-order valence-electron chi connectivity index (χ2n) is 29.8. The standard InChI is InChI=1S/C107H72N2/c1-107(2)102-45-16-14-37-95(102)96-57-56-85(68-103(96)107)108(83-52-47-69(48-53-83)75-51-60-105-101(67-75)97-38-15-17-46-104(97)109(105)82-31-4-3-5-32-82)84-54-49-70(50-55-84)76-61-77(78-64-80(90-39-18-27-71-23-6-10-33-86(71)90)66-81(65-78)91-40-19-28-72-24-7-11-34-87(72)91)63-79(62-76)92-58-59-100(94-42-21-30-74-26-9-13-36-89(74)94)106-98(92)43-22-44-99(106)93-41-20-29-73-25-8-12-35-88(73)93/h3-68H,1-2H3. The van der Waals surface area contributed by atoms with E-state index in [4.69, 9.17) is 0 Å². The van der Waals surface area contributed by atoms with Gasteiger partial charge in [0.05, 0.1) is 11.0 Å². The Bertz CT molecular complexity index is 6850. The monoisotopic (exact) mass is 1380 g/mol. The highest BCUT2D eigenvalue weighted by molar-refractivity contribution is 6.18. The average Bonchev–Trinajstić information content (AvgIpc) is 1.67. The fourth-order valence-electron chi connectivity index (χ4n) is 18.1. The summed E-state index contributed by atoms with van der Waals surface area (Å²) in [4.78, 5) is 2.45. The molecule has 510 valence electrons. The molecular formula is C107H72N2. The summed E-state index contributed by atoms with van der Waals surface area (Å²) in [7, 11) is 0. The van der Waals surface area contributed by atoms with E-state index in [0.29, 0.717) is 0 Å². The van der Waals surface area contributed by atoms with E-state index in [1.165, 1.54) is 148 Å². The Morgan fingerprint density at radius 2 is 0.560 bits per heavy atom. The van der Waals surface area contributed by atoms with Crippen LogP contribution in [-0.2, 0) is 5.41 Å². The molecule has 21 rings (SSSR count). The Morgan fingerprint density at radius 3 is 1.15 bits per heavy atom. The summed E-state index contributed by atoms with van der Waals surface area (Å²) >= 11 is 0. The number of benzene rings is 19. The summed E-state index contributed by atoms with van der Waals surface area (Å²) in [5.41, 5.74) is 30.6. The fraction of sp³-hybridized carbons (Fsp3) is 0.0280. The van der Waals surface area contributed by atoms with Gasteiger partial charge in [0, 0.05) is 38.9 Å². The van der Waals surface area contributed by atoms with Crippen molar-refractivity contribution in [3.8, 4) is 106 Å². The second kappa shape index (κ2) is 25.7. The van der Waals surface area contributed by atoms with Gasteiger partial charge in [0.25, 0.3) is 0 Å². The van der Waals surface area contributed by atoms with Crippen LogP contribution in [0.2, 0.25) is 0 Å². The maximum atomic E-state index is 2.46. The normalized spacial score (nSPS) is 12.4. The van der Waals surface area contributed by atoms with Crippen LogP contribution in [0.5, 0.6) is 0 Å². The SMILES string of the molecule is CC1(C)c2ccccc2-c2ccc(N(c3ccc(-c4cc(-c5cc(-c6cccc7ccccc67)cc(-c6cccc7ccccc67)c5)cc(-c5ccc(-c6cccc7ccccc67)c6c(-c7cccc8ccccc78)cccc56)c4)cc3)c3ccc(-c4ccc5c(c4)c4ccccc4n5-c4ccccc4)cc3)cc21. The van der Waals surface area contributed by atoms with E-state index in [9.17, 15) is 0 Å². The van der Waals surface area contributed by atoms with E-state index in [1.807, 2.05) is 0 Å². The summed E-state index contributed by atoms with van der Waals surface area (Å²) in [6.07, 6.45) is 0. The van der Waals surface area contributed by atoms with Crippen molar-refractivity contribution in [1.82, 2.24) is 4.57 Å². The Labute approximate surface area is 634 Å². The molecule has 0 unspecified atom stereocenters. The maximum absolute atomic E-state index is 2.46. The van der Waals surface area contributed by atoms with Gasteiger partial charge in [-0.2, -0.15) is 0 Å². The molecule has 1 aromatic heterocycles. The molecule has 0 fully saturated rings. The number of fused-ring (bicyclic) bond motifs is 11. The number of hydrogen-bond acceptors (Lipinski definition) is 1. The molecule has 2 heteroatoms. The lowest BCUT2D eigenvalue weighted by atomic mass is 9.82. The van der Waals surface area contributed by atoms with Gasteiger partial charge in [0.2, 0.25) is 0 Å². The van der Waals surface area contributed by atoms with Crippen LogP contribution in [0.4, 0.5) is 17.1 Å². The molecule has 2 nitrogen and oxygen atoms in total. The van der Waals surface area contributed by atoms with E-state index in [-0.39, 0.29) is 5.41 Å². The molecule has 1 aliphatic carbocycles. The van der Waals surface area contributed by atoms with Crippen LogP contribution >= 0.6 is 0 Å². The zero-order valence-electron chi connectivity index (χ0n) is 60.5. The average molecular weight is 1390 g/mol. The third-order valence-electron chi connectivity index (χ3n) is 23.3. The number of nitrogens with zero attached hydrogens (tertiary/aromatic N) is 2. The smallest absolute Gasteiger partial charge is 0.0541 e. The quantitative estimate of drug-likeness (QED) is 0.118. The first-order chi connectivity index (χ1) is 53.8. The second-order valence-corrected chi connectivity index (χ2v) is 29.8. The third-order valence-corrected chi connectivity index (χ3v) is 23.3. The molecule has 0 N–H and O–H groups in total. The Kier molecular flexibility index (Phi) is 15.0. The molecule has 109 heavy (non-hydrogen) atoms.